The predicted molar refractivity (Wildman–Crippen MR) is 127 cm³/mol. The van der Waals surface area contributed by atoms with Gasteiger partial charge in [-0.1, -0.05) is 13.0 Å². The van der Waals surface area contributed by atoms with Gasteiger partial charge < -0.3 is 19.5 Å². The fraction of sp³-hybridized carbons (Fsp3) is 0.391. The van der Waals surface area contributed by atoms with Crippen LogP contribution in [0.2, 0.25) is 0 Å². The molecule has 0 fully saturated rings. The first-order chi connectivity index (χ1) is 15.5. The third kappa shape index (κ3) is 5.75. The summed E-state index contributed by atoms with van der Waals surface area (Å²) in [5.41, 5.74) is 2.41. The minimum atomic E-state index is -3.81. The van der Waals surface area contributed by atoms with Gasteiger partial charge in [0.1, 0.15) is 6.04 Å². The van der Waals surface area contributed by atoms with E-state index in [1.165, 1.54) is 33.5 Å². The van der Waals surface area contributed by atoms with E-state index in [2.05, 4.69) is 5.32 Å². The summed E-state index contributed by atoms with van der Waals surface area (Å²) in [6.45, 7) is 5.49. The number of hydrogen-bond donors (Lipinski definition) is 1. The molecule has 2 aromatic carbocycles. The molecule has 33 heavy (non-hydrogen) atoms. The second-order valence-electron chi connectivity index (χ2n) is 7.49. The highest BCUT2D eigenvalue weighted by Gasteiger charge is 2.32. The van der Waals surface area contributed by atoms with Crippen molar-refractivity contribution in [3.05, 3.63) is 47.0 Å². The van der Waals surface area contributed by atoms with Gasteiger partial charge in [-0.15, -0.1) is 0 Å². The van der Waals surface area contributed by atoms with Crippen molar-refractivity contribution in [1.82, 2.24) is 0 Å². The number of benzene rings is 2. The van der Waals surface area contributed by atoms with Gasteiger partial charge in [0.2, 0.25) is 15.9 Å². The van der Waals surface area contributed by atoms with Crippen molar-refractivity contribution >= 4 is 33.3 Å². The Morgan fingerprint density at radius 1 is 1.00 bits per heavy atom. The van der Waals surface area contributed by atoms with Crippen LogP contribution in [0.15, 0.2) is 30.3 Å². The van der Waals surface area contributed by atoms with Crippen LogP contribution in [0.25, 0.3) is 0 Å². The molecular formula is C23H30N2O7S. The lowest BCUT2D eigenvalue weighted by Crippen LogP contribution is -2.47. The molecule has 0 aliphatic rings. The molecule has 0 saturated carbocycles. The van der Waals surface area contributed by atoms with E-state index in [1.54, 1.807) is 25.1 Å². The second kappa shape index (κ2) is 10.6. The number of esters is 1. The number of methoxy groups -OCH3 is 3. The smallest absolute Gasteiger partial charge is 0.340 e. The molecule has 0 saturated heterocycles. The summed E-state index contributed by atoms with van der Waals surface area (Å²) in [5, 5.41) is 2.67. The molecule has 0 aliphatic heterocycles. The summed E-state index contributed by atoms with van der Waals surface area (Å²) in [6, 6.07) is 6.94. The highest BCUT2D eigenvalue weighted by molar-refractivity contribution is 7.92. The number of nitrogens with one attached hydrogen (secondary N) is 1. The Kier molecular flexibility index (Phi) is 8.32. The number of amides is 1. The highest BCUT2D eigenvalue weighted by atomic mass is 32.2. The van der Waals surface area contributed by atoms with Gasteiger partial charge in [-0.3, -0.25) is 9.10 Å². The van der Waals surface area contributed by atoms with Gasteiger partial charge >= 0.3 is 5.97 Å². The Morgan fingerprint density at radius 2 is 1.61 bits per heavy atom. The van der Waals surface area contributed by atoms with E-state index in [1.807, 2.05) is 13.8 Å². The van der Waals surface area contributed by atoms with Gasteiger partial charge in [-0.25, -0.2) is 13.2 Å². The highest BCUT2D eigenvalue weighted by Crippen LogP contribution is 2.34. The summed E-state index contributed by atoms with van der Waals surface area (Å²) >= 11 is 0. The number of aryl methyl sites for hydroxylation is 2. The number of rotatable bonds is 9. The van der Waals surface area contributed by atoms with E-state index in [9.17, 15) is 18.0 Å². The summed E-state index contributed by atoms with van der Waals surface area (Å²) in [4.78, 5) is 25.7. The predicted octanol–water partition coefficient (Wildman–Crippen LogP) is 3.29. The van der Waals surface area contributed by atoms with Gasteiger partial charge in [-0.2, -0.15) is 0 Å². The molecule has 2 rings (SSSR count). The van der Waals surface area contributed by atoms with Crippen LogP contribution < -0.4 is 19.1 Å². The Hall–Kier alpha value is -3.27. The molecule has 1 atom stereocenters. The number of ether oxygens (including phenoxy) is 3. The average Bonchev–Trinajstić information content (AvgIpc) is 2.77. The largest absolute Gasteiger partial charge is 0.493 e. The van der Waals surface area contributed by atoms with Crippen molar-refractivity contribution in [2.45, 2.75) is 33.2 Å². The van der Waals surface area contributed by atoms with Crippen molar-refractivity contribution in [2.24, 2.45) is 0 Å². The summed E-state index contributed by atoms with van der Waals surface area (Å²) in [5.74, 6) is -0.759. The first-order valence-corrected chi connectivity index (χ1v) is 12.0. The van der Waals surface area contributed by atoms with Crippen molar-refractivity contribution in [2.75, 3.05) is 37.2 Å². The zero-order valence-corrected chi connectivity index (χ0v) is 20.7. The third-order valence-electron chi connectivity index (χ3n) is 5.26. The Bertz CT molecular complexity index is 1150. The van der Waals surface area contributed by atoms with Crippen LogP contribution in [0.3, 0.4) is 0 Å². The second-order valence-corrected chi connectivity index (χ2v) is 9.34. The van der Waals surface area contributed by atoms with E-state index in [0.717, 1.165) is 21.7 Å². The van der Waals surface area contributed by atoms with Crippen LogP contribution in [0.5, 0.6) is 11.5 Å². The number of carbonyl (C=O) groups is 2. The van der Waals surface area contributed by atoms with Crippen LogP contribution in [0, 0.1) is 13.8 Å². The number of nitrogens with zero attached hydrogens (tertiary/aromatic N) is 1. The quantitative estimate of drug-likeness (QED) is 0.551. The Balaban J connectivity index is 2.55. The average molecular weight is 479 g/mol. The summed E-state index contributed by atoms with van der Waals surface area (Å²) in [7, 11) is 0.231. The van der Waals surface area contributed by atoms with Gasteiger partial charge in [0.15, 0.2) is 11.5 Å². The normalized spacial score (nSPS) is 12.0. The SMILES string of the molecule is CC[C@@H](C(=O)Nc1cc(OC)c(OC)cc1C(=O)OC)N(c1ccc(C)c(C)c1)S(C)(=O)=O. The van der Waals surface area contributed by atoms with Gasteiger partial charge in [0.25, 0.3) is 0 Å². The Labute approximate surface area is 194 Å². The molecule has 0 bridgehead atoms. The van der Waals surface area contributed by atoms with Gasteiger partial charge in [0, 0.05) is 12.1 Å². The lowest BCUT2D eigenvalue weighted by atomic mass is 10.1. The zero-order chi connectivity index (χ0) is 24.9. The first-order valence-electron chi connectivity index (χ1n) is 10.2. The van der Waals surface area contributed by atoms with E-state index in [0.29, 0.717) is 5.69 Å². The van der Waals surface area contributed by atoms with E-state index >= 15 is 0 Å². The summed E-state index contributed by atoms with van der Waals surface area (Å²) in [6.07, 6.45) is 1.24. The summed E-state index contributed by atoms with van der Waals surface area (Å²) < 4.78 is 41.9. The molecule has 180 valence electrons. The van der Waals surface area contributed by atoms with Crippen LogP contribution in [-0.2, 0) is 19.6 Å². The molecule has 0 unspecified atom stereocenters. The molecule has 0 aliphatic carbocycles. The monoisotopic (exact) mass is 478 g/mol. The van der Waals surface area contributed by atoms with E-state index < -0.39 is 27.9 Å². The molecular weight excluding hydrogens is 448 g/mol. The van der Waals surface area contributed by atoms with E-state index in [-0.39, 0.29) is 29.2 Å². The van der Waals surface area contributed by atoms with Gasteiger partial charge in [-0.05, 0) is 43.5 Å². The molecule has 9 nitrogen and oxygen atoms in total. The standard InChI is InChI=1S/C23H30N2O7S/c1-8-19(25(33(7,28)29)16-10-9-14(2)15(3)11-16)22(26)24-18-13-21(31-5)20(30-4)12-17(18)23(27)32-6/h9-13,19H,8H2,1-7H3,(H,24,26)/t19-/m0/s1. The molecule has 1 amide bonds. The number of carbonyl (C=O) groups excluding carboxylic acids is 2. The lowest BCUT2D eigenvalue weighted by molar-refractivity contribution is -0.117. The van der Waals surface area contributed by atoms with E-state index in [4.69, 9.17) is 14.2 Å². The van der Waals surface area contributed by atoms with Crippen molar-refractivity contribution < 1.29 is 32.2 Å². The maximum absolute atomic E-state index is 13.3. The van der Waals surface area contributed by atoms with Crippen LogP contribution in [-0.4, -0.2) is 53.9 Å². The zero-order valence-electron chi connectivity index (χ0n) is 19.9. The minimum Gasteiger partial charge on any atom is -0.493 e. The third-order valence-corrected chi connectivity index (χ3v) is 6.44. The molecule has 0 aromatic heterocycles. The maximum Gasteiger partial charge on any atom is 0.340 e. The molecule has 0 radical (unpaired) electrons. The molecule has 1 N–H and O–H groups in total. The van der Waals surface area contributed by atoms with Gasteiger partial charge in [0.05, 0.1) is 44.5 Å². The fourth-order valence-corrected chi connectivity index (χ4v) is 4.60. The molecule has 0 spiro atoms. The lowest BCUT2D eigenvalue weighted by Gasteiger charge is -2.30. The molecule has 0 heterocycles. The van der Waals surface area contributed by atoms with Crippen LogP contribution >= 0.6 is 0 Å². The van der Waals surface area contributed by atoms with Crippen LogP contribution in [0.4, 0.5) is 11.4 Å². The fourth-order valence-electron chi connectivity index (χ4n) is 3.40. The van der Waals surface area contributed by atoms with Crippen molar-refractivity contribution in [3.63, 3.8) is 0 Å². The maximum atomic E-state index is 13.3. The van der Waals surface area contributed by atoms with Crippen molar-refractivity contribution in [3.8, 4) is 11.5 Å². The number of hydrogen-bond acceptors (Lipinski definition) is 7. The Morgan fingerprint density at radius 3 is 2.09 bits per heavy atom. The number of sulfonamides is 1. The topological polar surface area (TPSA) is 111 Å². The number of anilines is 2. The minimum absolute atomic E-state index is 0.0374. The first kappa shape index (κ1) is 26.0. The van der Waals surface area contributed by atoms with Crippen LogP contribution in [0.1, 0.15) is 34.8 Å². The molecule has 10 heteroatoms. The van der Waals surface area contributed by atoms with Crippen molar-refractivity contribution in [1.29, 1.82) is 0 Å². The molecule has 2 aromatic rings.